The minimum Gasteiger partial charge on any atom is -0.326 e. The van der Waals surface area contributed by atoms with Crippen molar-refractivity contribution in [3.63, 3.8) is 0 Å². The first kappa shape index (κ1) is 14.4. The molecule has 0 saturated carbocycles. The number of piperidine rings is 1. The van der Waals surface area contributed by atoms with Crippen LogP contribution in [0.5, 0.6) is 0 Å². The van der Waals surface area contributed by atoms with Crippen molar-refractivity contribution in [2.45, 2.75) is 38.8 Å². The van der Waals surface area contributed by atoms with E-state index in [0.29, 0.717) is 6.04 Å². The lowest BCUT2D eigenvalue weighted by Crippen LogP contribution is -2.46. The van der Waals surface area contributed by atoms with E-state index < -0.39 is 0 Å². The van der Waals surface area contributed by atoms with Crippen molar-refractivity contribution in [3.8, 4) is 0 Å². The summed E-state index contributed by atoms with van der Waals surface area (Å²) in [6.07, 6.45) is 9.07. The average Bonchev–Trinajstić information content (AvgIpc) is 2.93. The molecule has 1 aliphatic heterocycles. The van der Waals surface area contributed by atoms with Gasteiger partial charge in [-0.2, -0.15) is 0 Å². The van der Waals surface area contributed by atoms with E-state index in [2.05, 4.69) is 72.9 Å². The predicted molar refractivity (Wildman–Crippen MR) is 82.1 cm³/mol. The van der Waals surface area contributed by atoms with E-state index in [0.717, 1.165) is 6.04 Å². The number of hydrogen-bond donors (Lipinski definition) is 0. The lowest BCUT2D eigenvalue weighted by Gasteiger charge is -2.39. The number of aromatic nitrogens is 1. The van der Waals surface area contributed by atoms with Crippen LogP contribution in [0, 0.1) is 0 Å². The summed E-state index contributed by atoms with van der Waals surface area (Å²) in [5.74, 6) is 0. The summed E-state index contributed by atoms with van der Waals surface area (Å²) < 4.78 is 2.24. The first-order valence-electron chi connectivity index (χ1n) is 7.33. The van der Waals surface area contributed by atoms with E-state index in [1.54, 1.807) is 0 Å². The third-order valence-corrected chi connectivity index (χ3v) is 4.40. The molecule has 0 amide bonds. The Bertz CT molecular complexity index is 398. The molecule has 1 atom stereocenters. The lowest BCUT2D eigenvalue weighted by molar-refractivity contribution is 0.131. The second kappa shape index (κ2) is 6.40. The van der Waals surface area contributed by atoms with Crippen LogP contribution in [0.1, 0.15) is 26.7 Å². The quantitative estimate of drug-likeness (QED) is 0.825. The Morgan fingerprint density at radius 2 is 1.79 bits per heavy atom. The summed E-state index contributed by atoms with van der Waals surface area (Å²) in [5, 5.41) is 0. The highest BCUT2D eigenvalue weighted by molar-refractivity contribution is 5.50. The third kappa shape index (κ3) is 3.28. The molecule has 2 heterocycles. The fourth-order valence-corrected chi connectivity index (χ4v) is 3.09. The largest absolute Gasteiger partial charge is 0.326 e. The van der Waals surface area contributed by atoms with Gasteiger partial charge in [-0.1, -0.05) is 6.08 Å². The minimum absolute atomic E-state index is 0.487. The molecule has 1 saturated heterocycles. The van der Waals surface area contributed by atoms with Crippen molar-refractivity contribution in [2.24, 2.45) is 0 Å². The van der Waals surface area contributed by atoms with Crippen LogP contribution in [0.15, 0.2) is 30.6 Å². The lowest BCUT2D eigenvalue weighted by atomic mass is 10.0. The molecule has 1 unspecified atom stereocenters. The maximum absolute atomic E-state index is 2.61. The van der Waals surface area contributed by atoms with E-state index in [-0.39, 0.29) is 0 Å². The molecule has 3 nitrogen and oxygen atoms in total. The average molecular weight is 261 g/mol. The van der Waals surface area contributed by atoms with Crippen molar-refractivity contribution in [1.82, 2.24) is 14.4 Å². The number of hydrogen-bond acceptors (Lipinski definition) is 2. The molecule has 0 spiro atoms. The molecule has 0 aromatic carbocycles. The summed E-state index contributed by atoms with van der Waals surface area (Å²) in [4.78, 5) is 4.97. The molecule has 3 heteroatoms. The molecule has 106 valence electrons. The number of nitrogens with zero attached hydrogens (tertiary/aromatic N) is 3. The van der Waals surface area contributed by atoms with Crippen molar-refractivity contribution >= 4 is 5.70 Å². The molecule has 1 fully saturated rings. The van der Waals surface area contributed by atoms with Crippen LogP contribution in [0.4, 0.5) is 0 Å². The predicted octanol–water partition coefficient (Wildman–Crippen LogP) is 2.76. The summed E-state index contributed by atoms with van der Waals surface area (Å²) in [7, 11) is 4.39. The molecular weight excluding hydrogens is 234 g/mol. The molecule has 0 aliphatic carbocycles. The van der Waals surface area contributed by atoms with Crippen molar-refractivity contribution in [3.05, 3.63) is 30.6 Å². The first-order valence-corrected chi connectivity index (χ1v) is 7.33. The molecule has 1 aromatic heterocycles. The zero-order chi connectivity index (χ0) is 13.8. The maximum Gasteiger partial charge on any atom is 0.0472 e. The van der Waals surface area contributed by atoms with Crippen molar-refractivity contribution in [2.75, 3.05) is 27.2 Å². The molecule has 0 radical (unpaired) electrons. The highest BCUT2D eigenvalue weighted by atomic mass is 15.2. The number of allylic oxidation sites excluding steroid dienone is 1. The van der Waals surface area contributed by atoms with Gasteiger partial charge in [0.15, 0.2) is 0 Å². The van der Waals surface area contributed by atoms with E-state index in [4.69, 9.17) is 0 Å². The monoisotopic (exact) mass is 261 g/mol. The normalized spacial score (nSPS) is 21.0. The van der Waals surface area contributed by atoms with Gasteiger partial charge in [0.05, 0.1) is 0 Å². The molecule has 1 aliphatic rings. The smallest absolute Gasteiger partial charge is 0.0472 e. The molecule has 0 N–H and O–H groups in total. The van der Waals surface area contributed by atoms with Crippen molar-refractivity contribution < 1.29 is 0 Å². The Hall–Kier alpha value is -1.06. The van der Waals surface area contributed by atoms with E-state index in [1.165, 1.54) is 31.6 Å². The van der Waals surface area contributed by atoms with Gasteiger partial charge in [-0.3, -0.25) is 4.90 Å². The Morgan fingerprint density at radius 1 is 1.21 bits per heavy atom. The third-order valence-electron chi connectivity index (χ3n) is 4.40. The topological polar surface area (TPSA) is 11.4 Å². The van der Waals surface area contributed by atoms with Gasteiger partial charge >= 0.3 is 0 Å². The van der Waals surface area contributed by atoms with Crippen LogP contribution in [-0.4, -0.2) is 53.6 Å². The fraction of sp³-hybridized carbons (Fsp3) is 0.625. The highest BCUT2D eigenvalue weighted by Crippen LogP contribution is 2.22. The van der Waals surface area contributed by atoms with Gasteiger partial charge in [0.2, 0.25) is 0 Å². The van der Waals surface area contributed by atoms with Gasteiger partial charge in [-0.15, -0.1) is 0 Å². The second-order valence-corrected chi connectivity index (χ2v) is 5.71. The van der Waals surface area contributed by atoms with E-state index >= 15 is 0 Å². The molecule has 19 heavy (non-hydrogen) atoms. The SMILES string of the molecule is C/C=C(\C(C)N1CCC(N(C)C)CC1)n1cccc1. The molecule has 2 rings (SSSR count). The standard InChI is InChI=1S/C16H27N3/c1-5-16(19-10-6-7-11-19)14(2)18-12-8-15(9-13-18)17(3)4/h5-7,10-11,14-15H,8-9,12-13H2,1-4H3/b16-5+. The second-order valence-electron chi connectivity index (χ2n) is 5.71. The van der Waals surface area contributed by atoms with Crippen LogP contribution >= 0.6 is 0 Å². The Morgan fingerprint density at radius 3 is 2.26 bits per heavy atom. The molecule has 1 aromatic rings. The molecular formula is C16H27N3. The summed E-state index contributed by atoms with van der Waals surface area (Å²) >= 11 is 0. The first-order chi connectivity index (χ1) is 9.13. The van der Waals surface area contributed by atoms with Gasteiger partial charge in [0.1, 0.15) is 0 Å². The Balaban J connectivity index is 1.99. The minimum atomic E-state index is 0.487. The van der Waals surface area contributed by atoms with E-state index in [9.17, 15) is 0 Å². The summed E-state index contributed by atoms with van der Waals surface area (Å²) in [6.45, 7) is 6.86. The Labute approximate surface area is 117 Å². The van der Waals surface area contributed by atoms with Crippen LogP contribution in [-0.2, 0) is 0 Å². The van der Waals surface area contributed by atoms with Gasteiger partial charge < -0.3 is 9.47 Å². The van der Waals surface area contributed by atoms with Crippen LogP contribution in [0.2, 0.25) is 0 Å². The van der Waals surface area contributed by atoms with Gasteiger partial charge in [-0.25, -0.2) is 0 Å². The van der Waals surface area contributed by atoms with Gasteiger partial charge in [0, 0.05) is 43.3 Å². The van der Waals surface area contributed by atoms with Gasteiger partial charge in [0.25, 0.3) is 0 Å². The zero-order valence-electron chi connectivity index (χ0n) is 12.7. The number of likely N-dealkylation sites (tertiary alicyclic amines) is 1. The number of rotatable bonds is 4. The van der Waals surface area contributed by atoms with E-state index in [1.807, 2.05) is 0 Å². The van der Waals surface area contributed by atoms with Crippen LogP contribution in [0.3, 0.4) is 0 Å². The van der Waals surface area contributed by atoms with Crippen LogP contribution < -0.4 is 0 Å². The van der Waals surface area contributed by atoms with Gasteiger partial charge in [-0.05, 0) is 52.9 Å². The summed E-state index contributed by atoms with van der Waals surface area (Å²) in [5.41, 5.74) is 1.38. The molecule has 0 bridgehead atoms. The van der Waals surface area contributed by atoms with Crippen molar-refractivity contribution in [1.29, 1.82) is 0 Å². The highest BCUT2D eigenvalue weighted by Gasteiger charge is 2.25. The maximum atomic E-state index is 2.61. The zero-order valence-corrected chi connectivity index (χ0v) is 12.7. The summed E-state index contributed by atoms with van der Waals surface area (Å²) in [6, 6.07) is 5.42. The fourth-order valence-electron chi connectivity index (χ4n) is 3.09. The Kier molecular flexibility index (Phi) is 4.83. The van der Waals surface area contributed by atoms with Crippen LogP contribution in [0.25, 0.3) is 5.70 Å².